The molecule has 23 heavy (non-hydrogen) atoms. The zero-order valence-corrected chi connectivity index (χ0v) is 14.6. The van der Waals surface area contributed by atoms with Crippen molar-refractivity contribution < 1.29 is 4.79 Å². The van der Waals surface area contributed by atoms with E-state index < -0.39 is 0 Å². The van der Waals surface area contributed by atoms with E-state index in [-0.39, 0.29) is 36.8 Å². The van der Waals surface area contributed by atoms with Crippen LogP contribution in [-0.4, -0.2) is 34.1 Å². The summed E-state index contributed by atoms with van der Waals surface area (Å²) in [5.41, 5.74) is 1.70. The van der Waals surface area contributed by atoms with Gasteiger partial charge in [0.15, 0.2) is 0 Å². The van der Waals surface area contributed by atoms with Crippen LogP contribution < -0.4 is 10.6 Å². The molecule has 1 aliphatic rings. The molecule has 2 aromatic rings. The van der Waals surface area contributed by atoms with Gasteiger partial charge in [-0.05, 0) is 50.6 Å². The molecule has 1 fully saturated rings. The van der Waals surface area contributed by atoms with E-state index in [0.29, 0.717) is 11.6 Å². The summed E-state index contributed by atoms with van der Waals surface area (Å²) in [4.78, 5) is 16.3. The molecule has 126 valence electrons. The Kier molecular flexibility index (Phi) is 7.55. The predicted molar refractivity (Wildman–Crippen MR) is 96.0 cm³/mol. The zero-order chi connectivity index (χ0) is 14.7. The number of carbonyl (C=O) groups is 1. The van der Waals surface area contributed by atoms with E-state index in [4.69, 9.17) is 0 Å². The van der Waals surface area contributed by atoms with Gasteiger partial charge in [-0.3, -0.25) is 4.79 Å². The molecule has 1 saturated heterocycles. The highest BCUT2D eigenvalue weighted by Gasteiger charge is 2.20. The van der Waals surface area contributed by atoms with Crippen LogP contribution in [0.25, 0.3) is 5.69 Å². The molecule has 1 aromatic heterocycles. The average molecular weight is 357 g/mol. The van der Waals surface area contributed by atoms with Crippen molar-refractivity contribution in [1.82, 2.24) is 20.2 Å². The molecule has 7 heteroatoms. The van der Waals surface area contributed by atoms with Crippen molar-refractivity contribution in [3.63, 3.8) is 0 Å². The molecule has 2 atom stereocenters. The Morgan fingerprint density at radius 3 is 2.65 bits per heavy atom. The second kappa shape index (κ2) is 8.91. The summed E-state index contributed by atoms with van der Waals surface area (Å²) in [6, 6.07) is 8.31. The number of nitrogens with one attached hydrogen (secondary N) is 2. The van der Waals surface area contributed by atoms with Crippen molar-refractivity contribution in [2.24, 2.45) is 0 Å². The van der Waals surface area contributed by atoms with E-state index in [1.807, 2.05) is 35.0 Å². The highest BCUT2D eigenvalue weighted by atomic mass is 35.5. The fourth-order valence-electron chi connectivity index (χ4n) is 2.73. The van der Waals surface area contributed by atoms with Crippen molar-refractivity contribution >= 4 is 30.7 Å². The predicted octanol–water partition coefficient (Wildman–Crippen LogP) is 2.59. The molecule has 2 unspecified atom stereocenters. The fourth-order valence-corrected chi connectivity index (χ4v) is 2.73. The summed E-state index contributed by atoms with van der Waals surface area (Å²) in [6.45, 7) is 3.11. The summed E-state index contributed by atoms with van der Waals surface area (Å²) < 4.78 is 1.91. The molecule has 1 amide bonds. The minimum absolute atomic E-state index is 0. The first-order valence-electron chi connectivity index (χ1n) is 7.35. The van der Waals surface area contributed by atoms with Gasteiger partial charge in [-0.15, -0.1) is 24.8 Å². The Labute approximate surface area is 148 Å². The normalized spacial score (nSPS) is 20.0. The number of piperidine rings is 1. The summed E-state index contributed by atoms with van der Waals surface area (Å²) in [7, 11) is 0. The van der Waals surface area contributed by atoms with Gasteiger partial charge in [0.2, 0.25) is 0 Å². The van der Waals surface area contributed by atoms with E-state index in [2.05, 4.69) is 22.5 Å². The third-order valence-electron chi connectivity index (χ3n) is 3.89. The van der Waals surface area contributed by atoms with Crippen LogP contribution in [0.15, 0.2) is 43.0 Å². The standard InChI is InChI=1S/C16H20N4O.2ClH/c1-12-10-14(6-7-18-12)19-16(21)13-2-4-15(5-3-13)20-9-8-17-11-20;;/h2-5,8-9,11-12,14,18H,6-7,10H2,1H3,(H,19,21);2*1H. The molecule has 5 nitrogen and oxygen atoms in total. The Morgan fingerprint density at radius 1 is 1.30 bits per heavy atom. The van der Waals surface area contributed by atoms with E-state index in [9.17, 15) is 4.79 Å². The number of aromatic nitrogens is 2. The number of benzene rings is 1. The van der Waals surface area contributed by atoms with Gasteiger partial charge in [0, 0.05) is 35.7 Å². The second-order valence-electron chi connectivity index (χ2n) is 5.57. The first-order valence-corrected chi connectivity index (χ1v) is 7.35. The molecular weight excluding hydrogens is 335 g/mol. The SMILES string of the molecule is CC1CC(NC(=O)c2ccc(-n3ccnc3)cc2)CCN1.Cl.Cl. The molecule has 1 aliphatic heterocycles. The molecule has 0 radical (unpaired) electrons. The highest BCUT2D eigenvalue weighted by Crippen LogP contribution is 2.12. The quantitative estimate of drug-likeness (QED) is 0.888. The maximum Gasteiger partial charge on any atom is 0.251 e. The van der Waals surface area contributed by atoms with Crippen LogP contribution >= 0.6 is 24.8 Å². The fraction of sp³-hybridized carbons (Fsp3) is 0.375. The Balaban J connectivity index is 0.00000132. The van der Waals surface area contributed by atoms with Gasteiger partial charge < -0.3 is 15.2 Å². The maximum atomic E-state index is 12.3. The number of rotatable bonds is 3. The number of imidazole rings is 1. The lowest BCUT2D eigenvalue weighted by Crippen LogP contribution is -2.46. The Hall–Kier alpha value is -1.56. The minimum Gasteiger partial charge on any atom is -0.349 e. The molecule has 0 bridgehead atoms. The monoisotopic (exact) mass is 356 g/mol. The van der Waals surface area contributed by atoms with Gasteiger partial charge in [0.05, 0.1) is 6.33 Å². The molecule has 0 aliphatic carbocycles. The van der Waals surface area contributed by atoms with Crippen molar-refractivity contribution in [2.45, 2.75) is 31.8 Å². The first-order chi connectivity index (χ1) is 10.2. The van der Waals surface area contributed by atoms with Gasteiger partial charge in [-0.25, -0.2) is 4.98 Å². The number of halogens is 2. The molecule has 0 spiro atoms. The van der Waals surface area contributed by atoms with Gasteiger partial charge in [0.1, 0.15) is 0 Å². The van der Waals surface area contributed by atoms with Gasteiger partial charge in [0.25, 0.3) is 5.91 Å². The zero-order valence-electron chi connectivity index (χ0n) is 12.9. The van der Waals surface area contributed by atoms with Crippen LogP contribution in [0, 0.1) is 0 Å². The molecule has 2 N–H and O–H groups in total. The average Bonchev–Trinajstić information content (AvgIpc) is 3.01. The summed E-state index contributed by atoms with van der Waals surface area (Å²) in [6.07, 6.45) is 7.33. The van der Waals surface area contributed by atoms with E-state index in [1.54, 1.807) is 12.5 Å². The lowest BCUT2D eigenvalue weighted by atomic mass is 10.0. The van der Waals surface area contributed by atoms with Crippen molar-refractivity contribution in [2.75, 3.05) is 6.54 Å². The lowest BCUT2D eigenvalue weighted by Gasteiger charge is -2.28. The van der Waals surface area contributed by atoms with E-state index in [1.165, 1.54) is 0 Å². The topological polar surface area (TPSA) is 59.0 Å². The van der Waals surface area contributed by atoms with Crippen LogP contribution in [0.5, 0.6) is 0 Å². The number of nitrogens with zero attached hydrogens (tertiary/aromatic N) is 2. The minimum atomic E-state index is 0. The van der Waals surface area contributed by atoms with Gasteiger partial charge in [-0.1, -0.05) is 0 Å². The Morgan fingerprint density at radius 2 is 2.04 bits per heavy atom. The summed E-state index contributed by atoms with van der Waals surface area (Å²) >= 11 is 0. The smallest absolute Gasteiger partial charge is 0.251 e. The molecule has 2 heterocycles. The van der Waals surface area contributed by atoms with Crippen LogP contribution in [0.2, 0.25) is 0 Å². The van der Waals surface area contributed by atoms with Crippen LogP contribution in [-0.2, 0) is 0 Å². The van der Waals surface area contributed by atoms with Crippen LogP contribution in [0.3, 0.4) is 0 Å². The summed E-state index contributed by atoms with van der Waals surface area (Å²) in [5, 5.41) is 6.51. The molecule has 1 aromatic carbocycles. The second-order valence-corrected chi connectivity index (χ2v) is 5.57. The third kappa shape index (κ3) is 4.96. The van der Waals surface area contributed by atoms with Crippen LogP contribution in [0.1, 0.15) is 30.1 Å². The number of carbonyl (C=O) groups excluding carboxylic acids is 1. The molecule has 0 saturated carbocycles. The Bertz CT molecular complexity index is 601. The van der Waals surface area contributed by atoms with E-state index in [0.717, 1.165) is 25.1 Å². The molecular formula is C16H22Cl2N4O. The molecule has 3 rings (SSSR count). The first kappa shape index (κ1) is 19.5. The number of hydrogen-bond donors (Lipinski definition) is 2. The third-order valence-corrected chi connectivity index (χ3v) is 3.89. The lowest BCUT2D eigenvalue weighted by molar-refractivity contribution is 0.0925. The summed E-state index contributed by atoms with van der Waals surface area (Å²) in [5.74, 6) is 0.00582. The number of hydrogen-bond acceptors (Lipinski definition) is 3. The van der Waals surface area contributed by atoms with Crippen molar-refractivity contribution in [3.8, 4) is 5.69 Å². The van der Waals surface area contributed by atoms with Gasteiger partial charge >= 0.3 is 0 Å². The van der Waals surface area contributed by atoms with Crippen molar-refractivity contribution in [3.05, 3.63) is 48.5 Å². The van der Waals surface area contributed by atoms with E-state index >= 15 is 0 Å². The number of amides is 1. The maximum absolute atomic E-state index is 12.3. The van der Waals surface area contributed by atoms with Crippen LogP contribution in [0.4, 0.5) is 0 Å². The van der Waals surface area contributed by atoms with Gasteiger partial charge in [-0.2, -0.15) is 0 Å². The largest absolute Gasteiger partial charge is 0.349 e. The highest BCUT2D eigenvalue weighted by molar-refractivity contribution is 5.94. The van der Waals surface area contributed by atoms with Crippen molar-refractivity contribution in [1.29, 1.82) is 0 Å².